The summed E-state index contributed by atoms with van der Waals surface area (Å²) in [7, 11) is 1.94. The molecule has 0 bridgehead atoms. The van der Waals surface area contributed by atoms with E-state index in [0.717, 1.165) is 11.6 Å². The summed E-state index contributed by atoms with van der Waals surface area (Å²) in [6.07, 6.45) is 1.92. The van der Waals surface area contributed by atoms with E-state index in [2.05, 4.69) is 39.9 Å². The molecule has 0 aliphatic rings. The molecule has 0 aromatic carbocycles. The third-order valence-corrected chi connectivity index (χ3v) is 3.87. The fraction of sp³-hybridized carbons (Fsp3) is 0.182. The zero-order valence-electron chi connectivity index (χ0n) is 8.43. The smallest absolute Gasteiger partial charge is 0.101 e. The molecule has 15 heavy (non-hydrogen) atoms. The van der Waals surface area contributed by atoms with Crippen molar-refractivity contribution in [1.29, 1.82) is 0 Å². The second-order valence-electron chi connectivity index (χ2n) is 3.07. The molecule has 0 saturated carbocycles. The first kappa shape index (κ1) is 10.7. The molecule has 2 rings (SSSR count). The predicted octanol–water partition coefficient (Wildman–Crippen LogP) is 3.01. The zero-order chi connectivity index (χ0) is 10.5. The van der Waals surface area contributed by atoms with Crippen molar-refractivity contribution in [3.8, 4) is 0 Å². The summed E-state index contributed by atoms with van der Waals surface area (Å²) in [4.78, 5) is 4.40. The standard InChI is InChI=1S/C11H12N2S2/c1-12-7-9-4-5-10(13-8-9)15-11-3-2-6-14-11/h2-6,8,12H,7H2,1H3. The molecule has 0 aliphatic heterocycles. The third kappa shape index (κ3) is 3.06. The fourth-order valence-corrected chi connectivity index (χ4v) is 2.86. The number of aromatic nitrogens is 1. The predicted molar refractivity (Wildman–Crippen MR) is 65.4 cm³/mol. The normalized spacial score (nSPS) is 10.5. The molecular formula is C11H12N2S2. The van der Waals surface area contributed by atoms with Crippen LogP contribution in [0.2, 0.25) is 0 Å². The second-order valence-corrected chi connectivity index (χ2v) is 5.34. The van der Waals surface area contributed by atoms with Gasteiger partial charge in [-0.2, -0.15) is 0 Å². The van der Waals surface area contributed by atoms with E-state index in [0.29, 0.717) is 0 Å². The van der Waals surface area contributed by atoms with E-state index in [9.17, 15) is 0 Å². The number of hydrogen-bond donors (Lipinski definition) is 1. The van der Waals surface area contributed by atoms with Gasteiger partial charge < -0.3 is 5.32 Å². The van der Waals surface area contributed by atoms with Gasteiger partial charge in [-0.25, -0.2) is 4.98 Å². The molecule has 0 fully saturated rings. The monoisotopic (exact) mass is 236 g/mol. The topological polar surface area (TPSA) is 24.9 Å². The average Bonchev–Trinajstić information content (AvgIpc) is 2.74. The number of nitrogens with one attached hydrogen (secondary N) is 1. The highest BCUT2D eigenvalue weighted by molar-refractivity contribution is 8.01. The molecule has 0 spiro atoms. The van der Waals surface area contributed by atoms with Gasteiger partial charge in [0.1, 0.15) is 5.03 Å². The summed E-state index contributed by atoms with van der Waals surface area (Å²) in [6.45, 7) is 0.872. The van der Waals surface area contributed by atoms with Crippen LogP contribution >= 0.6 is 23.1 Å². The average molecular weight is 236 g/mol. The van der Waals surface area contributed by atoms with Crippen LogP contribution in [0, 0.1) is 0 Å². The van der Waals surface area contributed by atoms with Crippen molar-refractivity contribution < 1.29 is 0 Å². The number of thiophene rings is 1. The van der Waals surface area contributed by atoms with Gasteiger partial charge in [-0.3, -0.25) is 0 Å². The molecule has 2 aromatic rings. The van der Waals surface area contributed by atoms with Crippen LogP contribution in [-0.2, 0) is 6.54 Å². The van der Waals surface area contributed by atoms with E-state index >= 15 is 0 Å². The number of rotatable bonds is 4. The maximum absolute atomic E-state index is 4.40. The van der Waals surface area contributed by atoms with E-state index in [4.69, 9.17) is 0 Å². The van der Waals surface area contributed by atoms with E-state index in [1.165, 1.54) is 9.77 Å². The lowest BCUT2D eigenvalue weighted by Gasteiger charge is -2.01. The molecule has 0 radical (unpaired) electrons. The van der Waals surface area contributed by atoms with E-state index in [-0.39, 0.29) is 0 Å². The SMILES string of the molecule is CNCc1ccc(Sc2cccs2)nc1. The molecule has 2 nitrogen and oxygen atoms in total. The quantitative estimate of drug-likeness (QED) is 0.883. The first-order valence-corrected chi connectivity index (χ1v) is 6.39. The maximum atomic E-state index is 4.40. The largest absolute Gasteiger partial charge is 0.316 e. The van der Waals surface area contributed by atoms with Gasteiger partial charge in [0.25, 0.3) is 0 Å². The summed E-state index contributed by atoms with van der Waals surface area (Å²) in [5.41, 5.74) is 1.22. The summed E-state index contributed by atoms with van der Waals surface area (Å²) >= 11 is 3.45. The molecule has 0 atom stereocenters. The maximum Gasteiger partial charge on any atom is 0.101 e. The van der Waals surface area contributed by atoms with Crippen molar-refractivity contribution in [3.63, 3.8) is 0 Å². The van der Waals surface area contributed by atoms with Crippen LogP contribution < -0.4 is 5.32 Å². The Balaban J connectivity index is 2.04. The molecule has 0 aliphatic carbocycles. The highest BCUT2D eigenvalue weighted by Gasteiger charge is 1.99. The number of pyridine rings is 1. The van der Waals surface area contributed by atoms with Crippen molar-refractivity contribution in [1.82, 2.24) is 10.3 Å². The number of hydrogen-bond acceptors (Lipinski definition) is 4. The number of nitrogens with zero attached hydrogens (tertiary/aromatic N) is 1. The van der Waals surface area contributed by atoms with Crippen molar-refractivity contribution in [2.24, 2.45) is 0 Å². The van der Waals surface area contributed by atoms with Crippen LogP contribution in [0.15, 0.2) is 45.1 Å². The Bertz CT molecular complexity index is 395. The molecule has 0 saturated heterocycles. The Morgan fingerprint density at radius 3 is 2.93 bits per heavy atom. The van der Waals surface area contributed by atoms with Crippen LogP contribution in [-0.4, -0.2) is 12.0 Å². The first-order chi connectivity index (χ1) is 7.38. The molecule has 4 heteroatoms. The molecule has 1 N–H and O–H groups in total. The Morgan fingerprint density at radius 1 is 1.40 bits per heavy atom. The summed E-state index contributed by atoms with van der Waals surface area (Å²) < 4.78 is 1.28. The van der Waals surface area contributed by atoms with Gasteiger partial charge in [-0.1, -0.05) is 23.9 Å². The Morgan fingerprint density at radius 2 is 2.33 bits per heavy atom. The lowest BCUT2D eigenvalue weighted by Crippen LogP contribution is -2.04. The van der Waals surface area contributed by atoms with Crippen LogP contribution in [0.5, 0.6) is 0 Å². The van der Waals surface area contributed by atoms with E-state index < -0.39 is 0 Å². The highest BCUT2D eigenvalue weighted by atomic mass is 32.2. The minimum atomic E-state index is 0.872. The van der Waals surface area contributed by atoms with Crippen molar-refractivity contribution in [2.75, 3.05) is 7.05 Å². The van der Waals surface area contributed by atoms with Gasteiger partial charge in [0.05, 0.1) is 4.21 Å². The van der Waals surface area contributed by atoms with Crippen LogP contribution in [0.1, 0.15) is 5.56 Å². The highest BCUT2D eigenvalue weighted by Crippen LogP contribution is 2.29. The van der Waals surface area contributed by atoms with Gasteiger partial charge in [0.2, 0.25) is 0 Å². The first-order valence-electron chi connectivity index (χ1n) is 4.69. The lowest BCUT2D eigenvalue weighted by atomic mass is 10.3. The van der Waals surface area contributed by atoms with E-state index in [1.54, 1.807) is 23.1 Å². The molecule has 0 amide bonds. The molecule has 2 aromatic heterocycles. The van der Waals surface area contributed by atoms with E-state index in [1.807, 2.05) is 13.2 Å². The van der Waals surface area contributed by atoms with Crippen molar-refractivity contribution >= 4 is 23.1 Å². The van der Waals surface area contributed by atoms with Gasteiger partial charge in [-0.15, -0.1) is 11.3 Å². The molecule has 78 valence electrons. The van der Waals surface area contributed by atoms with Gasteiger partial charge in [0.15, 0.2) is 0 Å². The Kier molecular flexibility index (Phi) is 3.77. The van der Waals surface area contributed by atoms with Crippen LogP contribution in [0.25, 0.3) is 0 Å². The van der Waals surface area contributed by atoms with Crippen molar-refractivity contribution in [2.45, 2.75) is 15.8 Å². The van der Waals surface area contributed by atoms with Crippen LogP contribution in [0.3, 0.4) is 0 Å². The fourth-order valence-electron chi connectivity index (χ4n) is 1.20. The van der Waals surface area contributed by atoms with Crippen molar-refractivity contribution in [3.05, 3.63) is 41.4 Å². The molecule has 0 unspecified atom stereocenters. The third-order valence-electron chi connectivity index (χ3n) is 1.88. The summed E-state index contributed by atoms with van der Waals surface area (Å²) in [6, 6.07) is 8.34. The summed E-state index contributed by atoms with van der Waals surface area (Å²) in [5, 5.41) is 6.24. The minimum absolute atomic E-state index is 0.872. The Hall–Kier alpha value is -0.840. The molecular weight excluding hydrogens is 224 g/mol. The van der Waals surface area contributed by atoms with Gasteiger partial charge in [-0.05, 0) is 30.1 Å². The minimum Gasteiger partial charge on any atom is -0.316 e. The van der Waals surface area contributed by atoms with Crippen LogP contribution in [0.4, 0.5) is 0 Å². The molecule has 2 heterocycles. The Labute approximate surface area is 97.8 Å². The lowest BCUT2D eigenvalue weighted by molar-refractivity contribution is 0.809. The van der Waals surface area contributed by atoms with Gasteiger partial charge in [0, 0.05) is 12.7 Å². The van der Waals surface area contributed by atoms with Gasteiger partial charge >= 0.3 is 0 Å². The summed E-state index contributed by atoms with van der Waals surface area (Å²) in [5.74, 6) is 0. The second kappa shape index (κ2) is 5.30. The zero-order valence-corrected chi connectivity index (χ0v) is 10.1.